The predicted octanol–water partition coefficient (Wildman–Crippen LogP) is 4.32. The number of rotatable bonds is 2. The van der Waals surface area contributed by atoms with E-state index in [0.717, 1.165) is 0 Å². The number of nitrogens with zero attached hydrogens (tertiary/aromatic N) is 3. The van der Waals surface area contributed by atoms with Crippen LogP contribution in [-0.4, -0.2) is 28.0 Å². The van der Waals surface area contributed by atoms with Crippen molar-refractivity contribution >= 4 is 11.8 Å². The minimum absolute atomic E-state index is 0.0310. The molecule has 0 aliphatic carbocycles. The van der Waals surface area contributed by atoms with Crippen LogP contribution in [0.3, 0.4) is 0 Å². The average Bonchev–Trinajstić information content (AvgIpc) is 3.09. The van der Waals surface area contributed by atoms with Gasteiger partial charge in [0.2, 0.25) is 0 Å². The van der Waals surface area contributed by atoms with E-state index in [-0.39, 0.29) is 5.56 Å². The van der Waals surface area contributed by atoms with Crippen molar-refractivity contribution in [2.75, 3.05) is 11.4 Å². The van der Waals surface area contributed by atoms with E-state index in [0.29, 0.717) is 35.3 Å². The molecular formula is C18H21F2N3O2. The molecule has 2 aromatic rings. The lowest BCUT2D eigenvalue weighted by molar-refractivity contribution is 0.0584. The first-order valence-electron chi connectivity index (χ1n) is 8.11. The lowest BCUT2D eigenvalue weighted by Crippen LogP contribution is -2.35. The highest BCUT2D eigenvalue weighted by Gasteiger charge is 2.33. The Kier molecular flexibility index (Phi) is 4.26. The van der Waals surface area contributed by atoms with E-state index in [1.54, 1.807) is 57.0 Å². The summed E-state index contributed by atoms with van der Waals surface area (Å²) in [6.45, 7) is 5.66. The number of hydrogen-bond acceptors (Lipinski definition) is 3. The maximum Gasteiger partial charge on any atom is 0.414 e. The number of anilines is 1. The molecule has 0 saturated heterocycles. The Bertz CT molecular complexity index is 809. The van der Waals surface area contributed by atoms with Gasteiger partial charge in [0.15, 0.2) is 0 Å². The lowest BCUT2D eigenvalue weighted by Gasteiger charge is -2.25. The van der Waals surface area contributed by atoms with Crippen LogP contribution in [0, 0.1) is 0 Å². The smallest absolute Gasteiger partial charge is 0.414 e. The Morgan fingerprint density at radius 2 is 2.04 bits per heavy atom. The van der Waals surface area contributed by atoms with E-state index in [2.05, 4.69) is 5.10 Å². The van der Waals surface area contributed by atoms with Gasteiger partial charge in [0.1, 0.15) is 5.60 Å². The van der Waals surface area contributed by atoms with Crippen molar-refractivity contribution in [1.29, 1.82) is 0 Å². The molecule has 3 rings (SSSR count). The molecule has 5 nitrogen and oxygen atoms in total. The summed E-state index contributed by atoms with van der Waals surface area (Å²) in [5.41, 5.74) is 1.42. The van der Waals surface area contributed by atoms with Crippen LogP contribution in [0.25, 0.3) is 11.1 Å². The number of alkyl halides is 2. The molecule has 2 heterocycles. The normalized spacial score (nSPS) is 14.1. The number of carbonyl (C=O) groups excluding carboxylic acids is 1. The van der Waals surface area contributed by atoms with Gasteiger partial charge in [0.25, 0.3) is 6.43 Å². The molecule has 1 aromatic heterocycles. The second kappa shape index (κ2) is 6.13. The fraction of sp³-hybridized carbons (Fsp3) is 0.444. The largest absolute Gasteiger partial charge is 0.443 e. The van der Waals surface area contributed by atoms with E-state index in [9.17, 15) is 13.6 Å². The van der Waals surface area contributed by atoms with Crippen LogP contribution in [0.4, 0.5) is 19.3 Å². The molecule has 0 bridgehead atoms. The molecular weight excluding hydrogens is 328 g/mol. The number of halogens is 2. The highest BCUT2D eigenvalue weighted by Crippen LogP contribution is 2.41. The zero-order valence-corrected chi connectivity index (χ0v) is 14.7. The molecule has 1 aromatic carbocycles. The maximum atomic E-state index is 13.8. The molecule has 1 amide bonds. The number of hydrogen-bond donors (Lipinski definition) is 0. The first kappa shape index (κ1) is 17.4. The monoisotopic (exact) mass is 349 g/mol. The molecule has 0 saturated carbocycles. The minimum Gasteiger partial charge on any atom is -0.443 e. The molecule has 1 aliphatic heterocycles. The quantitative estimate of drug-likeness (QED) is 0.811. The van der Waals surface area contributed by atoms with Crippen molar-refractivity contribution < 1.29 is 18.3 Å². The number of ether oxygens (including phenoxy) is 1. The molecule has 0 spiro atoms. The summed E-state index contributed by atoms with van der Waals surface area (Å²) >= 11 is 0. The molecule has 25 heavy (non-hydrogen) atoms. The summed E-state index contributed by atoms with van der Waals surface area (Å²) in [5, 5.41) is 4.06. The molecule has 0 atom stereocenters. The second-order valence-electron chi connectivity index (χ2n) is 7.11. The fourth-order valence-corrected chi connectivity index (χ4v) is 3.08. The van der Waals surface area contributed by atoms with Crippen molar-refractivity contribution in [3.8, 4) is 11.1 Å². The lowest BCUT2D eigenvalue weighted by atomic mass is 9.95. The van der Waals surface area contributed by atoms with Crippen molar-refractivity contribution in [2.45, 2.75) is 39.2 Å². The van der Waals surface area contributed by atoms with Crippen molar-refractivity contribution in [3.63, 3.8) is 0 Å². The number of benzene rings is 1. The van der Waals surface area contributed by atoms with E-state index in [4.69, 9.17) is 4.74 Å². The van der Waals surface area contributed by atoms with Gasteiger partial charge in [-0.3, -0.25) is 9.58 Å². The summed E-state index contributed by atoms with van der Waals surface area (Å²) in [7, 11) is 1.74. The van der Waals surface area contributed by atoms with Crippen LogP contribution in [0.5, 0.6) is 0 Å². The number of aryl methyl sites for hydroxylation is 1. The van der Waals surface area contributed by atoms with Crippen molar-refractivity contribution in [3.05, 3.63) is 35.7 Å². The minimum atomic E-state index is -2.64. The number of carbonyl (C=O) groups is 1. The SMILES string of the molecule is Cn1cc(-c2ccc3c(c2C(F)F)CCN3C(=O)OC(C)(C)C)cn1. The molecule has 1 aliphatic rings. The Labute approximate surface area is 145 Å². The Hall–Kier alpha value is -2.44. The molecule has 0 radical (unpaired) electrons. The van der Waals surface area contributed by atoms with E-state index < -0.39 is 18.1 Å². The number of fused-ring (bicyclic) bond motifs is 1. The summed E-state index contributed by atoms with van der Waals surface area (Å²) in [6, 6.07) is 3.33. The second-order valence-corrected chi connectivity index (χ2v) is 7.11. The maximum absolute atomic E-state index is 13.8. The first-order chi connectivity index (χ1) is 11.7. The van der Waals surface area contributed by atoms with Gasteiger partial charge in [-0.05, 0) is 44.4 Å². The summed E-state index contributed by atoms with van der Waals surface area (Å²) in [5.74, 6) is 0. The third kappa shape index (κ3) is 3.36. The van der Waals surface area contributed by atoms with E-state index in [1.807, 2.05) is 0 Å². The van der Waals surface area contributed by atoms with Crippen LogP contribution in [0.2, 0.25) is 0 Å². The third-order valence-corrected chi connectivity index (χ3v) is 4.06. The zero-order valence-electron chi connectivity index (χ0n) is 14.7. The highest BCUT2D eigenvalue weighted by molar-refractivity contribution is 5.92. The molecule has 134 valence electrons. The Morgan fingerprint density at radius 3 is 2.60 bits per heavy atom. The van der Waals surface area contributed by atoms with Gasteiger partial charge in [-0.2, -0.15) is 5.10 Å². The van der Waals surface area contributed by atoms with Gasteiger partial charge in [-0.25, -0.2) is 13.6 Å². The van der Waals surface area contributed by atoms with Gasteiger partial charge in [-0.15, -0.1) is 0 Å². The van der Waals surface area contributed by atoms with Crippen LogP contribution >= 0.6 is 0 Å². The topological polar surface area (TPSA) is 47.4 Å². The molecule has 0 fully saturated rings. The predicted molar refractivity (Wildman–Crippen MR) is 90.9 cm³/mol. The van der Waals surface area contributed by atoms with Gasteiger partial charge in [0.05, 0.1) is 11.9 Å². The van der Waals surface area contributed by atoms with Crippen LogP contribution in [-0.2, 0) is 18.2 Å². The van der Waals surface area contributed by atoms with E-state index in [1.165, 1.54) is 4.90 Å². The van der Waals surface area contributed by atoms with Crippen molar-refractivity contribution in [2.24, 2.45) is 7.05 Å². The fourth-order valence-electron chi connectivity index (χ4n) is 3.08. The summed E-state index contributed by atoms with van der Waals surface area (Å²) in [4.78, 5) is 13.8. The summed E-state index contributed by atoms with van der Waals surface area (Å²) < 4.78 is 34.6. The molecule has 7 heteroatoms. The summed E-state index contributed by atoms with van der Waals surface area (Å²) in [6.07, 6.45) is 0.495. The molecule has 0 unspecified atom stereocenters. The van der Waals surface area contributed by atoms with Gasteiger partial charge in [-0.1, -0.05) is 6.07 Å². The van der Waals surface area contributed by atoms with Crippen LogP contribution in [0.15, 0.2) is 24.5 Å². The van der Waals surface area contributed by atoms with Crippen molar-refractivity contribution in [1.82, 2.24) is 9.78 Å². The van der Waals surface area contributed by atoms with E-state index >= 15 is 0 Å². The van der Waals surface area contributed by atoms with Gasteiger partial charge in [0, 0.05) is 30.9 Å². The first-order valence-corrected chi connectivity index (χ1v) is 8.11. The third-order valence-electron chi connectivity index (χ3n) is 4.06. The highest BCUT2D eigenvalue weighted by atomic mass is 19.3. The van der Waals surface area contributed by atoms with Gasteiger partial charge >= 0.3 is 6.09 Å². The van der Waals surface area contributed by atoms with Crippen LogP contribution < -0.4 is 4.90 Å². The van der Waals surface area contributed by atoms with Crippen LogP contribution in [0.1, 0.15) is 38.3 Å². The number of aromatic nitrogens is 2. The average molecular weight is 349 g/mol. The Morgan fingerprint density at radius 1 is 1.32 bits per heavy atom. The standard InChI is InChI=1S/C18H21F2N3O2/c1-18(2,3)25-17(24)23-8-7-13-14(23)6-5-12(15(13)16(19)20)11-9-21-22(4)10-11/h5-6,9-10,16H,7-8H2,1-4H3. The van der Waals surface area contributed by atoms with Gasteiger partial charge < -0.3 is 4.74 Å². The zero-order chi connectivity index (χ0) is 18.4. The Balaban J connectivity index is 2.03. The molecule has 0 N–H and O–H groups in total. The number of amides is 1.